The molecular weight excluding hydrogens is 386 g/mol. The minimum atomic E-state index is -3.23. The maximum atomic E-state index is 14.0. The molecule has 0 aliphatic carbocycles. The van der Waals surface area contributed by atoms with Crippen molar-refractivity contribution in [2.75, 3.05) is 36.8 Å². The fourth-order valence-corrected chi connectivity index (χ4v) is 3.88. The third-order valence-corrected chi connectivity index (χ3v) is 7.27. The monoisotopic (exact) mass is 416 g/mol. The Balaban J connectivity index is 1.97. The Bertz CT molecular complexity index is 807. The molecule has 1 saturated heterocycles. The predicted molar refractivity (Wildman–Crippen MR) is 110 cm³/mol. The Morgan fingerprint density at radius 1 is 1.32 bits per heavy atom. The van der Waals surface area contributed by atoms with Crippen LogP contribution in [0.3, 0.4) is 0 Å². The van der Waals surface area contributed by atoms with Crippen LogP contribution in [-0.4, -0.2) is 57.1 Å². The molecular formula is C19H30F2N4O2S. The van der Waals surface area contributed by atoms with Crippen molar-refractivity contribution < 1.29 is 17.2 Å². The van der Waals surface area contributed by atoms with E-state index in [-0.39, 0.29) is 18.3 Å². The molecule has 158 valence electrons. The average Bonchev–Trinajstić information content (AvgIpc) is 3.02. The Kier molecular flexibility index (Phi) is 7.25. The third-order valence-electron chi connectivity index (χ3n) is 4.69. The van der Waals surface area contributed by atoms with Gasteiger partial charge in [0.05, 0.1) is 22.7 Å². The molecule has 0 spiro atoms. The van der Waals surface area contributed by atoms with Crippen molar-refractivity contribution in [2.24, 2.45) is 4.99 Å². The number of hydrogen-bond acceptors (Lipinski definition) is 4. The predicted octanol–water partition coefficient (Wildman–Crippen LogP) is 2.31. The SMILES string of the molecule is CCNC(=NCCS(=O)(=O)C(C)(C)C)NC1CCN(c2ccc(F)cc2F)C1. The highest BCUT2D eigenvalue weighted by atomic mass is 32.2. The summed E-state index contributed by atoms with van der Waals surface area (Å²) >= 11 is 0. The van der Waals surface area contributed by atoms with Gasteiger partial charge in [0.1, 0.15) is 11.6 Å². The summed E-state index contributed by atoms with van der Waals surface area (Å²) in [5.41, 5.74) is 0.379. The van der Waals surface area contributed by atoms with Crippen LogP contribution in [0.15, 0.2) is 23.2 Å². The van der Waals surface area contributed by atoms with Crippen molar-refractivity contribution in [3.05, 3.63) is 29.8 Å². The summed E-state index contributed by atoms with van der Waals surface area (Å²) in [4.78, 5) is 6.24. The number of aliphatic imine (C=N–C) groups is 1. The normalized spacial score (nSPS) is 18.4. The van der Waals surface area contributed by atoms with E-state index in [4.69, 9.17) is 0 Å². The lowest BCUT2D eigenvalue weighted by atomic mass is 10.2. The summed E-state index contributed by atoms with van der Waals surface area (Å²) in [5.74, 6) is -0.654. The summed E-state index contributed by atoms with van der Waals surface area (Å²) in [6.07, 6.45) is 0.765. The fraction of sp³-hybridized carbons (Fsp3) is 0.632. The molecule has 0 aromatic heterocycles. The molecule has 9 heteroatoms. The van der Waals surface area contributed by atoms with Gasteiger partial charge in [-0.05, 0) is 46.2 Å². The second-order valence-electron chi connectivity index (χ2n) is 7.86. The van der Waals surface area contributed by atoms with Crippen molar-refractivity contribution >= 4 is 21.5 Å². The van der Waals surface area contributed by atoms with E-state index in [9.17, 15) is 17.2 Å². The number of nitrogens with one attached hydrogen (secondary N) is 2. The topological polar surface area (TPSA) is 73.8 Å². The first kappa shape index (κ1) is 22.4. The number of hydrogen-bond donors (Lipinski definition) is 2. The standard InChI is InChI=1S/C19H30F2N4O2S/c1-5-22-18(23-9-11-28(26,27)19(2,3)4)24-15-8-10-25(13-15)17-7-6-14(20)12-16(17)21/h6-7,12,15H,5,8-11,13H2,1-4H3,(H2,22,23,24). The number of rotatable bonds is 6. The van der Waals surface area contributed by atoms with E-state index in [0.717, 1.165) is 12.5 Å². The maximum absolute atomic E-state index is 14.0. The molecule has 1 fully saturated rings. The molecule has 1 heterocycles. The molecule has 1 aromatic rings. The van der Waals surface area contributed by atoms with Crippen molar-refractivity contribution in [1.29, 1.82) is 0 Å². The first-order valence-corrected chi connectivity index (χ1v) is 11.2. The molecule has 28 heavy (non-hydrogen) atoms. The largest absolute Gasteiger partial charge is 0.367 e. The molecule has 0 radical (unpaired) electrons. The van der Waals surface area contributed by atoms with Crippen LogP contribution in [0.1, 0.15) is 34.1 Å². The molecule has 0 bridgehead atoms. The number of nitrogens with zero attached hydrogens (tertiary/aromatic N) is 2. The van der Waals surface area contributed by atoms with E-state index in [1.54, 1.807) is 20.8 Å². The van der Waals surface area contributed by atoms with Crippen molar-refractivity contribution in [1.82, 2.24) is 10.6 Å². The van der Waals surface area contributed by atoms with Gasteiger partial charge < -0.3 is 15.5 Å². The van der Waals surface area contributed by atoms with Crippen molar-refractivity contribution in [3.63, 3.8) is 0 Å². The van der Waals surface area contributed by atoms with Crippen LogP contribution in [0.25, 0.3) is 0 Å². The van der Waals surface area contributed by atoms with Crippen LogP contribution in [0, 0.1) is 11.6 Å². The Morgan fingerprint density at radius 2 is 2.04 bits per heavy atom. The van der Waals surface area contributed by atoms with Gasteiger partial charge in [-0.25, -0.2) is 17.2 Å². The highest BCUT2D eigenvalue weighted by Gasteiger charge is 2.28. The summed E-state index contributed by atoms with van der Waals surface area (Å²) in [7, 11) is -3.23. The molecule has 1 aliphatic rings. The van der Waals surface area contributed by atoms with E-state index < -0.39 is 26.2 Å². The quantitative estimate of drug-likeness (QED) is 0.550. The second-order valence-corrected chi connectivity index (χ2v) is 10.7. The number of benzene rings is 1. The van der Waals surface area contributed by atoms with E-state index in [0.29, 0.717) is 31.3 Å². The lowest BCUT2D eigenvalue weighted by Crippen LogP contribution is -2.45. The zero-order chi connectivity index (χ0) is 20.9. The highest BCUT2D eigenvalue weighted by molar-refractivity contribution is 7.92. The summed E-state index contributed by atoms with van der Waals surface area (Å²) in [6, 6.07) is 3.61. The van der Waals surface area contributed by atoms with Gasteiger partial charge in [0.25, 0.3) is 0 Å². The maximum Gasteiger partial charge on any atom is 0.191 e. The van der Waals surface area contributed by atoms with Gasteiger partial charge in [-0.15, -0.1) is 0 Å². The minimum absolute atomic E-state index is 0.0232. The number of sulfone groups is 1. The Hall–Kier alpha value is -1.90. The first-order chi connectivity index (χ1) is 13.0. The van der Waals surface area contributed by atoms with Gasteiger partial charge in [0, 0.05) is 31.7 Å². The second kappa shape index (κ2) is 9.07. The summed E-state index contributed by atoms with van der Waals surface area (Å²) < 4.78 is 50.7. The zero-order valence-corrected chi connectivity index (χ0v) is 17.7. The van der Waals surface area contributed by atoms with Crippen LogP contribution < -0.4 is 15.5 Å². The molecule has 1 unspecified atom stereocenters. The van der Waals surface area contributed by atoms with Gasteiger partial charge in [0.15, 0.2) is 15.8 Å². The Morgan fingerprint density at radius 3 is 2.64 bits per heavy atom. The van der Waals surface area contributed by atoms with Crippen molar-refractivity contribution in [2.45, 2.75) is 44.9 Å². The summed E-state index contributed by atoms with van der Waals surface area (Å²) in [6.45, 7) is 8.95. The third kappa shape index (κ3) is 5.80. The smallest absolute Gasteiger partial charge is 0.191 e. The molecule has 0 saturated carbocycles. The van der Waals surface area contributed by atoms with Crippen LogP contribution in [0.5, 0.6) is 0 Å². The van der Waals surface area contributed by atoms with Gasteiger partial charge >= 0.3 is 0 Å². The number of anilines is 1. The molecule has 6 nitrogen and oxygen atoms in total. The first-order valence-electron chi connectivity index (χ1n) is 9.50. The van der Waals surface area contributed by atoms with E-state index in [2.05, 4.69) is 15.6 Å². The van der Waals surface area contributed by atoms with Crippen LogP contribution in [0.2, 0.25) is 0 Å². The van der Waals surface area contributed by atoms with E-state index >= 15 is 0 Å². The molecule has 1 aromatic carbocycles. The fourth-order valence-electron chi connectivity index (χ4n) is 2.93. The van der Waals surface area contributed by atoms with Gasteiger partial charge in [0.2, 0.25) is 0 Å². The zero-order valence-electron chi connectivity index (χ0n) is 16.9. The molecule has 0 amide bonds. The van der Waals surface area contributed by atoms with Gasteiger partial charge in [-0.2, -0.15) is 0 Å². The van der Waals surface area contributed by atoms with Crippen LogP contribution in [0.4, 0.5) is 14.5 Å². The molecule has 2 rings (SSSR count). The van der Waals surface area contributed by atoms with Crippen LogP contribution >= 0.6 is 0 Å². The lowest BCUT2D eigenvalue weighted by Gasteiger charge is -2.21. The Labute approximate surface area is 166 Å². The molecule has 1 atom stereocenters. The average molecular weight is 417 g/mol. The van der Waals surface area contributed by atoms with Crippen molar-refractivity contribution in [3.8, 4) is 0 Å². The minimum Gasteiger partial charge on any atom is -0.367 e. The molecule has 2 N–H and O–H groups in total. The highest BCUT2D eigenvalue weighted by Crippen LogP contribution is 2.24. The van der Waals surface area contributed by atoms with E-state index in [1.807, 2.05) is 11.8 Å². The van der Waals surface area contributed by atoms with E-state index in [1.165, 1.54) is 12.1 Å². The molecule has 1 aliphatic heterocycles. The lowest BCUT2D eigenvalue weighted by molar-refractivity contribution is 0.560. The number of guanidine groups is 1. The number of halogens is 2. The van der Waals surface area contributed by atoms with Gasteiger partial charge in [-0.1, -0.05) is 0 Å². The van der Waals surface area contributed by atoms with Gasteiger partial charge in [-0.3, -0.25) is 4.99 Å². The summed E-state index contributed by atoms with van der Waals surface area (Å²) in [5, 5.41) is 6.39. The van der Waals surface area contributed by atoms with Crippen LogP contribution in [-0.2, 0) is 9.84 Å².